The molecule has 1 fully saturated rings. The number of hydrogen-bond donors (Lipinski definition) is 2. The lowest BCUT2D eigenvalue weighted by atomic mass is 9.93. The highest BCUT2D eigenvalue weighted by molar-refractivity contribution is 6.30. The molecule has 29 heavy (non-hydrogen) atoms. The van der Waals surface area contributed by atoms with Gasteiger partial charge in [-0.3, -0.25) is 0 Å². The van der Waals surface area contributed by atoms with Crippen LogP contribution in [0.4, 0.5) is 19.3 Å². The number of urea groups is 1. The van der Waals surface area contributed by atoms with Crippen molar-refractivity contribution in [3.63, 3.8) is 0 Å². The summed E-state index contributed by atoms with van der Waals surface area (Å²) in [6, 6.07) is 7.32. The average molecular weight is 441 g/mol. The highest BCUT2D eigenvalue weighted by Crippen LogP contribution is 2.35. The molecule has 0 aliphatic carbocycles. The molecule has 2 aromatic rings. The second kappa shape index (κ2) is 8.04. The summed E-state index contributed by atoms with van der Waals surface area (Å²) in [6.45, 7) is 1.14. The maximum absolute atomic E-state index is 14.6. The lowest BCUT2D eigenvalue weighted by molar-refractivity contribution is 0.106. The van der Waals surface area contributed by atoms with Crippen LogP contribution in [0.1, 0.15) is 11.5 Å². The Kier molecular flexibility index (Phi) is 5.47. The smallest absolute Gasteiger partial charge is 0.319 e. The number of hydrogen-bond acceptors (Lipinski definition) is 4. The zero-order valence-corrected chi connectivity index (χ0v) is 16.5. The van der Waals surface area contributed by atoms with Gasteiger partial charge < -0.3 is 20.4 Å². The molecule has 10 heteroatoms. The van der Waals surface area contributed by atoms with Crippen molar-refractivity contribution < 1.29 is 18.4 Å². The maximum atomic E-state index is 14.6. The van der Waals surface area contributed by atoms with Gasteiger partial charge in [0.25, 0.3) is 0 Å². The van der Waals surface area contributed by atoms with Crippen molar-refractivity contribution in [2.45, 2.75) is 12.0 Å². The Bertz CT molecular complexity index is 948. The molecule has 2 amide bonds. The van der Waals surface area contributed by atoms with Crippen LogP contribution in [-0.2, 0) is 4.84 Å². The molecule has 0 unspecified atom stereocenters. The largest absolute Gasteiger partial charge is 0.392 e. The van der Waals surface area contributed by atoms with Crippen LogP contribution >= 0.6 is 23.2 Å². The van der Waals surface area contributed by atoms with Gasteiger partial charge in [0.05, 0.1) is 6.54 Å². The van der Waals surface area contributed by atoms with E-state index in [-0.39, 0.29) is 17.1 Å². The number of benzene rings is 2. The Morgan fingerprint density at radius 2 is 1.83 bits per heavy atom. The average Bonchev–Trinajstić information content (AvgIpc) is 3.01. The predicted molar refractivity (Wildman–Crippen MR) is 106 cm³/mol. The first-order valence-corrected chi connectivity index (χ1v) is 9.60. The van der Waals surface area contributed by atoms with Crippen molar-refractivity contribution in [3.8, 4) is 0 Å². The molecular formula is C19H16Cl2F2N4O2. The predicted octanol–water partition coefficient (Wildman–Crippen LogP) is 4.20. The van der Waals surface area contributed by atoms with Crippen LogP contribution in [0.5, 0.6) is 0 Å². The standard InChI is InChI=1S/C19H16Cl2F2N4O2/c20-10-1-3-12(4-2-10)24-19(28)25-17-13(9-27-5-6-29-26-18(17)27)16-14(22)7-11(21)8-15(16)23/h1-4,7-8,13,17H,5-6,9H2,(H2,24,25,28)/t13-,17-/m0/s1. The highest BCUT2D eigenvalue weighted by Gasteiger charge is 2.44. The number of amides is 2. The third-order valence-corrected chi connectivity index (χ3v) is 5.31. The molecule has 0 saturated carbocycles. The van der Waals surface area contributed by atoms with Gasteiger partial charge in [-0.1, -0.05) is 28.4 Å². The SMILES string of the molecule is O=C(Nc1ccc(Cl)cc1)N[C@@H]1C2=NOCCN2C[C@H]1c1c(F)cc(Cl)cc1F. The van der Waals surface area contributed by atoms with Crippen LogP contribution in [-0.4, -0.2) is 42.5 Å². The summed E-state index contributed by atoms with van der Waals surface area (Å²) in [7, 11) is 0. The van der Waals surface area contributed by atoms with Crippen molar-refractivity contribution in [2.75, 3.05) is 25.0 Å². The Morgan fingerprint density at radius 3 is 2.52 bits per heavy atom. The van der Waals surface area contributed by atoms with Crippen LogP contribution in [0, 0.1) is 11.6 Å². The van der Waals surface area contributed by atoms with Crippen LogP contribution in [0.3, 0.4) is 0 Å². The van der Waals surface area contributed by atoms with Gasteiger partial charge in [0.1, 0.15) is 24.3 Å². The van der Waals surface area contributed by atoms with Gasteiger partial charge in [0, 0.05) is 33.8 Å². The van der Waals surface area contributed by atoms with E-state index in [1.54, 1.807) is 24.3 Å². The van der Waals surface area contributed by atoms with E-state index < -0.39 is 29.6 Å². The fraction of sp³-hybridized carbons (Fsp3) is 0.263. The molecule has 6 nitrogen and oxygen atoms in total. The number of carbonyl (C=O) groups excluding carboxylic acids is 1. The van der Waals surface area contributed by atoms with E-state index in [2.05, 4.69) is 15.8 Å². The molecule has 1 saturated heterocycles. The first-order chi connectivity index (χ1) is 13.9. The summed E-state index contributed by atoms with van der Waals surface area (Å²) in [5.74, 6) is -1.83. The molecule has 4 rings (SSSR count). The summed E-state index contributed by atoms with van der Waals surface area (Å²) in [5, 5.41) is 9.93. The van der Waals surface area contributed by atoms with Gasteiger partial charge >= 0.3 is 6.03 Å². The van der Waals surface area contributed by atoms with Crippen molar-refractivity contribution in [1.82, 2.24) is 10.2 Å². The zero-order valence-electron chi connectivity index (χ0n) is 15.0. The van der Waals surface area contributed by atoms with Gasteiger partial charge in [-0.25, -0.2) is 13.6 Å². The second-order valence-electron chi connectivity index (χ2n) is 6.70. The fourth-order valence-corrected chi connectivity index (χ4v) is 3.89. The summed E-state index contributed by atoms with van der Waals surface area (Å²) >= 11 is 11.6. The number of anilines is 1. The molecule has 0 spiro atoms. The molecule has 2 N–H and O–H groups in total. The van der Waals surface area contributed by atoms with Gasteiger partial charge in [0.15, 0.2) is 5.84 Å². The second-order valence-corrected chi connectivity index (χ2v) is 7.57. The van der Waals surface area contributed by atoms with Crippen LogP contribution in [0.25, 0.3) is 0 Å². The number of nitrogens with zero attached hydrogens (tertiary/aromatic N) is 2. The number of fused-ring (bicyclic) bond motifs is 1. The Balaban J connectivity index is 1.61. The van der Waals surface area contributed by atoms with E-state index in [4.69, 9.17) is 28.0 Å². The first kappa shape index (κ1) is 19.7. The lowest BCUT2D eigenvalue weighted by Crippen LogP contribution is -2.47. The summed E-state index contributed by atoms with van der Waals surface area (Å²) in [4.78, 5) is 19.5. The van der Waals surface area contributed by atoms with Gasteiger partial charge in [-0.15, -0.1) is 0 Å². The Hall–Kier alpha value is -2.58. The molecule has 0 bridgehead atoms. The molecular weight excluding hydrogens is 425 g/mol. The van der Waals surface area contributed by atoms with Crippen LogP contribution in [0.2, 0.25) is 10.0 Å². The number of nitrogens with one attached hydrogen (secondary N) is 2. The normalized spacial score (nSPS) is 20.6. The molecule has 0 radical (unpaired) electrons. The number of rotatable bonds is 3. The van der Waals surface area contributed by atoms with E-state index in [1.807, 2.05) is 4.90 Å². The van der Waals surface area contributed by atoms with E-state index in [9.17, 15) is 13.6 Å². The van der Waals surface area contributed by atoms with Crippen molar-refractivity contribution in [1.29, 1.82) is 0 Å². The molecule has 2 atom stereocenters. The number of oxime groups is 1. The number of halogens is 4. The van der Waals surface area contributed by atoms with E-state index in [0.717, 1.165) is 12.1 Å². The maximum Gasteiger partial charge on any atom is 0.319 e. The molecule has 152 valence electrons. The van der Waals surface area contributed by atoms with Crippen LogP contribution in [0.15, 0.2) is 41.6 Å². The fourth-order valence-electron chi connectivity index (χ4n) is 3.57. The molecule has 0 aromatic heterocycles. The van der Waals surface area contributed by atoms with E-state index in [0.29, 0.717) is 29.7 Å². The quantitative estimate of drug-likeness (QED) is 0.751. The summed E-state index contributed by atoms with van der Waals surface area (Å²) in [5.41, 5.74) is 0.368. The topological polar surface area (TPSA) is 66.0 Å². The van der Waals surface area contributed by atoms with E-state index >= 15 is 0 Å². The molecule has 2 aliphatic rings. The third kappa shape index (κ3) is 4.09. The van der Waals surface area contributed by atoms with Crippen LogP contribution < -0.4 is 10.6 Å². The zero-order chi connectivity index (χ0) is 20.5. The van der Waals surface area contributed by atoms with Gasteiger partial charge in [-0.2, -0.15) is 0 Å². The summed E-state index contributed by atoms with van der Waals surface area (Å²) in [6.07, 6.45) is 0. The number of carbonyl (C=O) groups is 1. The van der Waals surface area contributed by atoms with Gasteiger partial charge in [0.2, 0.25) is 0 Å². The summed E-state index contributed by atoms with van der Waals surface area (Å²) < 4.78 is 29.2. The van der Waals surface area contributed by atoms with Crippen molar-refractivity contribution in [3.05, 3.63) is 63.6 Å². The molecule has 2 aliphatic heterocycles. The van der Waals surface area contributed by atoms with Gasteiger partial charge in [-0.05, 0) is 36.4 Å². The minimum atomic E-state index is -0.784. The minimum absolute atomic E-state index is 0.0369. The highest BCUT2D eigenvalue weighted by atomic mass is 35.5. The Labute approximate surface area is 175 Å². The molecule has 2 heterocycles. The van der Waals surface area contributed by atoms with Crippen molar-refractivity contribution in [2.24, 2.45) is 5.16 Å². The first-order valence-electron chi connectivity index (χ1n) is 8.84. The Morgan fingerprint density at radius 1 is 1.14 bits per heavy atom. The molecule has 2 aromatic carbocycles. The third-order valence-electron chi connectivity index (χ3n) is 4.84. The van der Waals surface area contributed by atoms with E-state index in [1.165, 1.54) is 0 Å². The lowest BCUT2D eigenvalue weighted by Gasteiger charge is -2.24. The van der Waals surface area contributed by atoms with Crippen molar-refractivity contribution >= 4 is 40.8 Å². The number of amidine groups is 1. The monoisotopic (exact) mass is 440 g/mol. The minimum Gasteiger partial charge on any atom is -0.392 e.